The molecule has 18 heavy (non-hydrogen) atoms. The maximum Gasteiger partial charge on any atom is 0.123 e. The first kappa shape index (κ1) is 12.8. The summed E-state index contributed by atoms with van der Waals surface area (Å²) >= 11 is 6.16. The van der Waals surface area contributed by atoms with Gasteiger partial charge < -0.3 is 5.73 Å². The van der Waals surface area contributed by atoms with Crippen LogP contribution in [-0.4, -0.2) is 4.98 Å². The molecule has 0 aliphatic carbocycles. The van der Waals surface area contributed by atoms with Crippen molar-refractivity contribution < 1.29 is 0 Å². The van der Waals surface area contributed by atoms with Gasteiger partial charge in [0.2, 0.25) is 0 Å². The third-order valence-electron chi connectivity index (χ3n) is 2.77. The molecule has 0 amide bonds. The summed E-state index contributed by atoms with van der Waals surface area (Å²) in [6.45, 7) is 0. The summed E-state index contributed by atoms with van der Waals surface area (Å²) in [5.41, 5.74) is 10.5. The van der Waals surface area contributed by atoms with E-state index in [9.17, 15) is 0 Å². The Balaban J connectivity index is 2.23. The molecule has 4 nitrogen and oxygen atoms in total. The van der Waals surface area contributed by atoms with E-state index in [2.05, 4.69) is 10.4 Å². The first-order chi connectivity index (χ1) is 8.70. The fraction of sp³-hybridized carbons (Fsp3) is 0.154. The lowest BCUT2D eigenvalue weighted by molar-refractivity contribution is 0.552. The number of halogens is 1. The van der Waals surface area contributed by atoms with Gasteiger partial charge in [0.25, 0.3) is 0 Å². The number of hydrazine groups is 1. The summed E-state index contributed by atoms with van der Waals surface area (Å²) < 4.78 is 0. The Morgan fingerprint density at radius 1 is 1.28 bits per heavy atom. The number of anilines is 1. The Morgan fingerprint density at radius 3 is 2.72 bits per heavy atom. The van der Waals surface area contributed by atoms with E-state index in [4.69, 9.17) is 23.2 Å². The third-order valence-corrected chi connectivity index (χ3v) is 3.11. The molecule has 0 spiro atoms. The molecule has 0 bridgehead atoms. The summed E-state index contributed by atoms with van der Waals surface area (Å²) in [4.78, 5) is 3.96. The van der Waals surface area contributed by atoms with Crippen molar-refractivity contribution in [3.8, 4) is 0 Å². The number of nitrogens with two attached hydrogens (primary N) is 2. The molecule has 94 valence electrons. The largest absolute Gasteiger partial charge is 0.384 e. The zero-order valence-electron chi connectivity index (χ0n) is 9.81. The standard InChI is InChI=1S/C13H15ClN4/c14-11-4-2-1-3-10(11)12(18-16)7-9-5-6-17-13(15)8-9/h1-6,8,12,18H,7,16H2,(H2,15,17). The van der Waals surface area contributed by atoms with Crippen LogP contribution in [0.4, 0.5) is 5.82 Å². The third kappa shape index (κ3) is 2.98. The van der Waals surface area contributed by atoms with Crippen molar-refractivity contribution in [2.24, 2.45) is 5.84 Å². The first-order valence-electron chi connectivity index (χ1n) is 5.61. The van der Waals surface area contributed by atoms with E-state index in [0.29, 0.717) is 17.3 Å². The van der Waals surface area contributed by atoms with Gasteiger partial charge in [-0.2, -0.15) is 0 Å². The second-order valence-electron chi connectivity index (χ2n) is 4.03. The highest BCUT2D eigenvalue weighted by molar-refractivity contribution is 6.31. The van der Waals surface area contributed by atoms with Crippen molar-refractivity contribution in [3.05, 3.63) is 58.7 Å². The van der Waals surface area contributed by atoms with Gasteiger partial charge in [-0.15, -0.1) is 0 Å². The zero-order valence-corrected chi connectivity index (χ0v) is 10.6. The first-order valence-corrected chi connectivity index (χ1v) is 5.99. The number of nitrogen functional groups attached to an aromatic ring is 1. The number of pyridine rings is 1. The fourth-order valence-corrected chi connectivity index (χ4v) is 2.14. The van der Waals surface area contributed by atoms with E-state index in [-0.39, 0.29) is 6.04 Å². The number of hydrogen-bond donors (Lipinski definition) is 3. The molecule has 1 atom stereocenters. The minimum absolute atomic E-state index is 0.0551. The van der Waals surface area contributed by atoms with Gasteiger partial charge in [-0.05, 0) is 35.7 Å². The van der Waals surface area contributed by atoms with E-state index in [1.807, 2.05) is 36.4 Å². The Morgan fingerprint density at radius 2 is 2.06 bits per heavy atom. The van der Waals surface area contributed by atoms with Gasteiger partial charge in [-0.3, -0.25) is 11.3 Å². The monoisotopic (exact) mass is 262 g/mol. The molecule has 0 aliphatic rings. The van der Waals surface area contributed by atoms with Gasteiger partial charge in [0.1, 0.15) is 5.82 Å². The number of aromatic nitrogens is 1. The number of nitrogens with zero attached hydrogens (tertiary/aromatic N) is 1. The van der Waals surface area contributed by atoms with Gasteiger partial charge >= 0.3 is 0 Å². The van der Waals surface area contributed by atoms with Crippen LogP contribution in [0.2, 0.25) is 5.02 Å². The average molecular weight is 263 g/mol. The summed E-state index contributed by atoms with van der Waals surface area (Å²) in [7, 11) is 0. The number of nitrogens with one attached hydrogen (secondary N) is 1. The number of rotatable bonds is 4. The molecule has 2 aromatic rings. The predicted molar refractivity (Wildman–Crippen MR) is 73.9 cm³/mol. The van der Waals surface area contributed by atoms with Crippen LogP contribution in [0.25, 0.3) is 0 Å². The minimum Gasteiger partial charge on any atom is -0.384 e. The smallest absolute Gasteiger partial charge is 0.123 e. The molecular weight excluding hydrogens is 248 g/mol. The molecule has 0 fully saturated rings. The van der Waals surface area contributed by atoms with Gasteiger partial charge in [0.05, 0.1) is 6.04 Å². The molecule has 0 aliphatic heterocycles. The van der Waals surface area contributed by atoms with Crippen LogP contribution in [0.3, 0.4) is 0 Å². The lowest BCUT2D eigenvalue weighted by Gasteiger charge is -2.17. The average Bonchev–Trinajstić information content (AvgIpc) is 2.37. The molecular formula is C13H15ClN4. The molecule has 1 aromatic carbocycles. The van der Waals surface area contributed by atoms with Crippen LogP contribution in [0, 0.1) is 0 Å². The molecule has 0 saturated heterocycles. The molecule has 2 rings (SSSR count). The molecule has 1 unspecified atom stereocenters. The van der Waals surface area contributed by atoms with Gasteiger partial charge in [0, 0.05) is 11.2 Å². The van der Waals surface area contributed by atoms with Gasteiger partial charge in [-0.25, -0.2) is 4.98 Å². The van der Waals surface area contributed by atoms with Gasteiger partial charge in [-0.1, -0.05) is 29.8 Å². The minimum atomic E-state index is -0.0551. The van der Waals surface area contributed by atoms with E-state index in [0.717, 1.165) is 11.1 Å². The zero-order chi connectivity index (χ0) is 13.0. The summed E-state index contributed by atoms with van der Waals surface area (Å²) in [5.74, 6) is 6.11. The van der Waals surface area contributed by atoms with Crippen molar-refractivity contribution in [2.75, 3.05) is 5.73 Å². The van der Waals surface area contributed by atoms with Crippen LogP contribution in [0.15, 0.2) is 42.6 Å². The summed E-state index contributed by atoms with van der Waals surface area (Å²) in [6.07, 6.45) is 2.39. The highest BCUT2D eigenvalue weighted by Gasteiger charge is 2.13. The van der Waals surface area contributed by atoms with Crippen LogP contribution in [0.5, 0.6) is 0 Å². The molecule has 0 radical (unpaired) electrons. The van der Waals surface area contributed by atoms with Crippen LogP contribution >= 0.6 is 11.6 Å². The number of benzene rings is 1. The molecule has 5 heteroatoms. The maximum atomic E-state index is 6.16. The lowest BCUT2D eigenvalue weighted by Crippen LogP contribution is -2.29. The summed E-state index contributed by atoms with van der Waals surface area (Å²) in [5, 5.41) is 0.697. The molecule has 1 heterocycles. The van der Waals surface area contributed by atoms with E-state index in [1.165, 1.54) is 0 Å². The van der Waals surface area contributed by atoms with Crippen molar-refractivity contribution in [1.82, 2.24) is 10.4 Å². The van der Waals surface area contributed by atoms with E-state index in [1.54, 1.807) is 6.20 Å². The Kier molecular flexibility index (Phi) is 4.15. The fourth-order valence-electron chi connectivity index (χ4n) is 1.87. The van der Waals surface area contributed by atoms with Crippen LogP contribution in [-0.2, 0) is 6.42 Å². The van der Waals surface area contributed by atoms with E-state index >= 15 is 0 Å². The van der Waals surface area contributed by atoms with Crippen LogP contribution in [0.1, 0.15) is 17.2 Å². The topological polar surface area (TPSA) is 77.0 Å². The highest BCUT2D eigenvalue weighted by atomic mass is 35.5. The second kappa shape index (κ2) is 5.82. The highest BCUT2D eigenvalue weighted by Crippen LogP contribution is 2.25. The van der Waals surface area contributed by atoms with E-state index < -0.39 is 0 Å². The lowest BCUT2D eigenvalue weighted by atomic mass is 10.00. The Labute approximate surface area is 111 Å². The molecule has 0 saturated carbocycles. The van der Waals surface area contributed by atoms with Gasteiger partial charge in [0.15, 0.2) is 0 Å². The molecule has 1 aromatic heterocycles. The van der Waals surface area contributed by atoms with Crippen molar-refractivity contribution in [1.29, 1.82) is 0 Å². The second-order valence-corrected chi connectivity index (χ2v) is 4.44. The number of hydrogen-bond acceptors (Lipinski definition) is 4. The quantitative estimate of drug-likeness (QED) is 0.582. The van der Waals surface area contributed by atoms with Crippen molar-refractivity contribution in [2.45, 2.75) is 12.5 Å². The maximum absolute atomic E-state index is 6.16. The summed E-state index contributed by atoms with van der Waals surface area (Å²) in [6, 6.07) is 11.3. The van der Waals surface area contributed by atoms with Crippen molar-refractivity contribution >= 4 is 17.4 Å². The SMILES string of the molecule is NNC(Cc1ccnc(N)c1)c1ccccc1Cl. The Hall–Kier alpha value is -1.62. The van der Waals surface area contributed by atoms with Crippen molar-refractivity contribution in [3.63, 3.8) is 0 Å². The van der Waals surface area contributed by atoms with Crippen LogP contribution < -0.4 is 17.0 Å². The normalized spacial score (nSPS) is 12.3. The molecule has 5 N–H and O–H groups in total. The Bertz CT molecular complexity index is 530. The predicted octanol–water partition coefficient (Wildman–Crippen LogP) is 2.06.